The van der Waals surface area contributed by atoms with E-state index in [1.165, 1.54) is 25.3 Å². The molecule has 1 unspecified atom stereocenters. The van der Waals surface area contributed by atoms with E-state index in [9.17, 15) is 4.39 Å². The number of hydrogen-bond acceptors (Lipinski definition) is 2. The Balaban J connectivity index is 2.17. The predicted octanol–water partition coefficient (Wildman–Crippen LogP) is 4.22. The number of ether oxygens (including phenoxy) is 1. The molecule has 18 heavy (non-hydrogen) atoms. The molecule has 1 aliphatic carbocycles. The molecule has 2 nitrogen and oxygen atoms in total. The monoisotopic (exact) mass is 251 g/mol. The van der Waals surface area contributed by atoms with E-state index >= 15 is 0 Å². The summed E-state index contributed by atoms with van der Waals surface area (Å²) in [7, 11) is 1.60. The fraction of sp³-hybridized carbons (Fsp3) is 0.600. The number of methoxy groups -OCH3 is 1. The summed E-state index contributed by atoms with van der Waals surface area (Å²) in [5.74, 6) is 0.477. The average Bonchev–Trinajstić information content (AvgIpc) is 2.34. The minimum absolute atomic E-state index is 0.211. The molecule has 0 aromatic heterocycles. The maximum atomic E-state index is 13.8. The number of anilines is 1. The Bertz CT molecular complexity index is 417. The van der Waals surface area contributed by atoms with Crippen LogP contribution in [0.2, 0.25) is 0 Å². The highest BCUT2D eigenvalue weighted by Crippen LogP contribution is 2.38. The third kappa shape index (κ3) is 2.77. The van der Waals surface area contributed by atoms with Crippen molar-refractivity contribution in [2.45, 2.75) is 45.6 Å². The summed E-state index contributed by atoms with van der Waals surface area (Å²) in [6.07, 6.45) is 4.78. The molecule has 3 heteroatoms. The third-order valence-corrected chi connectivity index (χ3v) is 4.01. The van der Waals surface area contributed by atoms with Crippen molar-refractivity contribution in [2.24, 2.45) is 5.41 Å². The summed E-state index contributed by atoms with van der Waals surface area (Å²) >= 11 is 0. The molecular formula is C15H22FNO. The van der Waals surface area contributed by atoms with E-state index in [1.807, 2.05) is 0 Å². The van der Waals surface area contributed by atoms with Crippen LogP contribution in [0.5, 0.6) is 5.75 Å². The maximum Gasteiger partial charge on any atom is 0.146 e. The zero-order chi connectivity index (χ0) is 13.2. The van der Waals surface area contributed by atoms with Crippen molar-refractivity contribution in [2.75, 3.05) is 12.4 Å². The Labute approximate surface area is 109 Å². The lowest BCUT2D eigenvalue weighted by Gasteiger charge is -2.39. The van der Waals surface area contributed by atoms with Gasteiger partial charge in [0, 0.05) is 12.1 Å². The highest BCUT2D eigenvalue weighted by Gasteiger charge is 2.32. The Kier molecular flexibility index (Phi) is 3.79. The van der Waals surface area contributed by atoms with Gasteiger partial charge in [-0.3, -0.25) is 0 Å². The van der Waals surface area contributed by atoms with E-state index in [-0.39, 0.29) is 11.2 Å². The van der Waals surface area contributed by atoms with Crippen LogP contribution in [-0.2, 0) is 0 Å². The molecule has 1 N–H and O–H groups in total. The molecule has 2 rings (SSSR count). The smallest absolute Gasteiger partial charge is 0.146 e. The summed E-state index contributed by atoms with van der Waals surface area (Å²) in [4.78, 5) is 0. The lowest BCUT2D eigenvalue weighted by molar-refractivity contribution is 0.216. The van der Waals surface area contributed by atoms with Crippen LogP contribution < -0.4 is 10.1 Å². The van der Waals surface area contributed by atoms with Crippen molar-refractivity contribution in [1.82, 2.24) is 0 Å². The highest BCUT2D eigenvalue weighted by molar-refractivity contribution is 5.50. The lowest BCUT2D eigenvalue weighted by atomic mass is 9.73. The molecule has 0 saturated heterocycles. The van der Waals surface area contributed by atoms with Gasteiger partial charge in [-0.05, 0) is 30.4 Å². The van der Waals surface area contributed by atoms with Crippen LogP contribution in [0.25, 0.3) is 0 Å². The van der Waals surface area contributed by atoms with Crippen LogP contribution in [0.1, 0.15) is 39.5 Å². The van der Waals surface area contributed by atoms with Crippen molar-refractivity contribution in [1.29, 1.82) is 0 Å². The number of nitrogens with one attached hydrogen (secondary N) is 1. The largest absolute Gasteiger partial charge is 0.497 e. The van der Waals surface area contributed by atoms with Gasteiger partial charge in [-0.1, -0.05) is 26.7 Å². The molecule has 1 aromatic carbocycles. The first-order chi connectivity index (χ1) is 8.53. The van der Waals surface area contributed by atoms with Crippen LogP contribution in [0.4, 0.5) is 10.1 Å². The molecule has 1 aromatic rings. The average molecular weight is 251 g/mol. The number of hydrogen-bond donors (Lipinski definition) is 1. The fourth-order valence-electron chi connectivity index (χ4n) is 2.69. The maximum absolute atomic E-state index is 13.8. The van der Waals surface area contributed by atoms with E-state index < -0.39 is 0 Å². The molecule has 0 bridgehead atoms. The molecule has 1 fully saturated rings. The van der Waals surface area contributed by atoms with E-state index in [4.69, 9.17) is 4.74 Å². The first-order valence-corrected chi connectivity index (χ1v) is 6.63. The molecule has 1 saturated carbocycles. The van der Waals surface area contributed by atoms with Crippen LogP contribution in [-0.4, -0.2) is 13.2 Å². The standard InChI is InChI=1S/C15H22FNO/c1-15(2)9-5-4-6-14(15)17-13-10-11(18-3)7-8-12(13)16/h7-8,10,14,17H,4-6,9H2,1-3H3. The molecule has 0 radical (unpaired) electrons. The normalized spacial score (nSPS) is 22.6. The number of rotatable bonds is 3. The van der Waals surface area contributed by atoms with E-state index in [2.05, 4.69) is 19.2 Å². The quantitative estimate of drug-likeness (QED) is 0.868. The van der Waals surface area contributed by atoms with Gasteiger partial charge in [-0.25, -0.2) is 4.39 Å². The summed E-state index contributed by atoms with van der Waals surface area (Å²) < 4.78 is 18.9. The minimum atomic E-state index is -0.211. The Hall–Kier alpha value is -1.25. The predicted molar refractivity (Wildman–Crippen MR) is 72.6 cm³/mol. The van der Waals surface area contributed by atoms with Gasteiger partial charge in [0.2, 0.25) is 0 Å². The summed E-state index contributed by atoms with van der Waals surface area (Å²) in [6, 6.07) is 5.16. The Morgan fingerprint density at radius 1 is 1.33 bits per heavy atom. The van der Waals surface area contributed by atoms with Gasteiger partial charge in [0.25, 0.3) is 0 Å². The van der Waals surface area contributed by atoms with Crippen molar-refractivity contribution in [3.05, 3.63) is 24.0 Å². The van der Waals surface area contributed by atoms with Crippen LogP contribution in [0.3, 0.4) is 0 Å². The van der Waals surface area contributed by atoms with Gasteiger partial charge in [-0.2, -0.15) is 0 Å². The lowest BCUT2D eigenvalue weighted by Crippen LogP contribution is -2.39. The summed E-state index contributed by atoms with van der Waals surface area (Å²) in [6.45, 7) is 4.50. The van der Waals surface area contributed by atoms with Crippen molar-refractivity contribution in [3.8, 4) is 5.75 Å². The first-order valence-electron chi connectivity index (χ1n) is 6.63. The zero-order valence-corrected chi connectivity index (χ0v) is 11.4. The second kappa shape index (κ2) is 5.17. The summed E-state index contributed by atoms with van der Waals surface area (Å²) in [5, 5.41) is 3.36. The van der Waals surface area contributed by atoms with Gasteiger partial charge in [0.15, 0.2) is 0 Å². The van der Waals surface area contributed by atoms with Gasteiger partial charge >= 0.3 is 0 Å². The van der Waals surface area contributed by atoms with Gasteiger partial charge in [0.1, 0.15) is 11.6 Å². The van der Waals surface area contributed by atoms with Crippen LogP contribution in [0, 0.1) is 11.2 Å². The molecule has 1 aliphatic rings. The van der Waals surface area contributed by atoms with Crippen molar-refractivity contribution in [3.63, 3.8) is 0 Å². The van der Waals surface area contributed by atoms with Crippen molar-refractivity contribution >= 4 is 5.69 Å². The second-order valence-corrected chi connectivity index (χ2v) is 5.78. The van der Waals surface area contributed by atoms with Crippen molar-refractivity contribution < 1.29 is 9.13 Å². The second-order valence-electron chi connectivity index (χ2n) is 5.78. The number of benzene rings is 1. The number of halogens is 1. The molecule has 0 heterocycles. The topological polar surface area (TPSA) is 21.3 Å². The van der Waals surface area contributed by atoms with E-state index in [1.54, 1.807) is 19.2 Å². The minimum Gasteiger partial charge on any atom is -0.497 e. The van der Waals surface area contributed by atoms with Gasteiger partial charge in [-0.15, -0.1) is 0 Å². The molecular weight excluding hydrogens is 229 g/mol. The Morgan fingerprint density at radius 3 is 2.78 bits per heavy atom. The molecule has 100 valence electrons. The molecule has 1 atom stereocenters. The van der Waals surface area contributed by atoms with E-state index in [0.717, 1.165) is 6.42 Å². The van der Waals surface area contributed by atoms with Gasteiger partial charge in [0.05, 0.1) is 12.8 Å². The fourth-order valence-corrected chi connectivity index (χ4v) is 2.69. The highest BCUT2D eigenvalue weighted by atomic mass is 19.1. The van der Waals surface area contributed by atoms with Crippen LogP contribution in [0.15, 0.2) is 18.2 Å². The molecule has 0 spiro atoms. The first kappa shape index (κ1) is 13.2. The third-order valence-electron chi connectivity index (χ3n) is 4.01. The Morgan fingerprint density at radius 2 is 2.11 bits per heavy atom. The molecule has 0 aliphatic heterocycles. The zero-order valence-electron chi connectivity index (χ0n) is 11.4. The van der Waals surface area contributed by atoms with Gasteiger partial charge < -0.3 is 10.1 Å². The van der Waals surface area contributed by atoms with E-state index in [0.29, 0.717) is 17.5 Å². The SMILES string of the molecule is COc1ccc(F)c(NC2CCCCC2(C)C)c1. The van der Waals surface area contributed by atoms with Crippen LogP contribution >= 0.6 is 0 Å². The summed E-state index contributed by atoms with van der Waals surface area (Å²) in [5.41, 5.74) is 0.766. The molecule has 0 amide bonds.